The molecule has 64 valence electrons. The molecule has 2 aliphatic rings. The van der Waals surface area contributed by atoms with Gasteiger partial charge in [0.15, 0.2) is 16.4 Å². The molecule has 0 N–H and O–H groups in total. The number of fused-ring (bicyclic) bond motifs is 2. The van der Waals surface area contributed by atoms with Crippen LogP contribution in [0.4, 0.5) is 0 Å². The highest BCUT2D eigenvalue weighted by atomic mass is 14.1. The van der Waals surface area contributed by atoms with Crippen molar-refractivity contribution < 1.29 is 0 Å². The van der Waals surface area contributed by atoms with E-state index in [-0.39, 0.29) is 0 Å². The summed E-state index contributed by atoms with van der Waals surface area (Å²) in [5.41, 5.74) is 2.65. The molecule has 0 unspecified atom stereocenters. The van der Waals surface area contributed by atoms with Crippen molar-refractivity contribution in [2.45, 2.75) is 0 Å². The fourth-order valence-corrected chi connectivity index (χ4v) is 1.95. The van der Waals surface area contributed by atoms with Crippen LogP contribution in [-0.2, 0) is 0 Å². The maximum absolute atomic E-state index is 2.18. The van der Waals surface area contributed by atoms with Gasteiger partial charge >= 0.3 is 0 Å². The minimum absolute atomic E-state index is 1.31. The van der Waals surface area contributed by atoms with Gasteiger partial charge in [0, 0.05) is 12.1 Å². The molecule has 14 heavy (non-hydrogen) atoms. The lowest BCUT2D eigenvalue weighted by molar-refractivity contribution is 1.39. The number of hydrogen-bond donors (Lipinski definition) is 0. The Balaban J connectivity index is 2.41. The Kier molecular flexibility index (Phi) is 1.54. The van der Waals surface area contributed by atoms with Gasteiger partial charge in [0.05, 0.1) is 25.0 Å². The maximum Gasteiger partial charge on any atom is 0.198 e. The van der Waals surface area contributed by atoms with Crippen molar-refractivity contribution >= 4 is 11.6 Å². The van der Waals surface area contributed by atoms with Gasteiger partial charge in [-0.2, -0.15) is 0 Å². The van der Waals surface area contributed by atoms with Gasteiger partial charge in [-0.1, -0.05) is 0 Å². The lowest BCUT2D eigenvalue weighted by Gasteiger charge is -2.00. The molecule has 0 atom stereocenters. The Bertz CT molecular complexity index is 542. The second-order valence-corrected chi connectivity index (χ2v) is 3.51. The zero-order chi connectivity index (χ0) is 9.38. The second kappa shape index (κ2) is 2.85. The van der Waals surface area contributed by atoms with Crippen molar-refractivity contribution in [3.63, 3.8) is 0 Å². The van der Waals surface area contributed by atoms with E-state index in [1.807, 2.05) is 0 Å². The van der Waals surface area contributed by atoms with Crippen LogP contribution < -0.4 is 10.4 Å². The monoisotopic (exact) mass is 178 g/mol. The topological polar surface area (TPSA) is 0 Å². The molecule has 1 aromatic rings. The van der Waals surface area contributed by atoms with Crippen LogP contribution in [0.15, 0.2) is 48.1 Å². The van der Waals surface area contributed by atoms with E-state index in [0.29, 0.717) is 0 Å². The Labute approximate surface area is 83.6 Å². The van der Waals surface area contributed by atoms with E-state index in [1.54, 1.807) is 0 Å². The average Bonchev–Trinajstić information content (AvgIpc) is 2.29. The molecule has 2 aliphatic carbocycles. The van der Waals surface area contributed by atoms with E-state index in [4.69, 9.17) is 0 Å². The molecule has 0 heterocycles. The summed E-state index contributed by atoms with van der Waals surface area (Å²) in [6.45, 7) is 0. The number of hydrogen-bond acceptors (Lipinski definition) is 0. The number of rotatable bonds is 0. The van der Waals surface area contributed by atoms with E-state index < -0.39 is 0 Å². The van der Waals surface area contributed by atoms with Gasteiger partial charge in [-0.25, -0.2) is 0 Å². The highest BCUT2D eigenvalue weighted by Gasteiger charge is 2.26. The quantitative estimate of drug-likeness (QED) is 0.529. The Morgan fingerprint density at radius 1 is 1.00 bits per heavy atom. The lowest BCUT2D eigenvalue weighted by Crippen LogP contribution is -2.30. The van der Waals surface area contributed by atoms with Gasteiger partial charge < -0.3 is 0 Å². The third-order valence-corrected chi connectivity index (χ3v) is 2.65. The van der Waals surface area contributed by atoms with E-state index in [1.165, 1.54) is 21.6 Å². The molecule has 1 aromatic carbocycles. The summed E-state index contributed by atoms with van der Waals surface area (Å²) < 4.78 is 0. The van der Waals surface area contributed by atoms with Crippen LogP contribution in [0.5, 0.6) is 0 Å². The largest absolute Gasteiger partial charge is 0.198 e. The van der Waals surface area contributed by atoms with Crippen LogP contribution in [0.1, 0.15) is 0 Å². The number of allylic oxidation sites excluding steroid dienone is 4. The zero-order valence-corrected chi connectivity index (χ0v) is 7.77. The summed E-state index contributed by atoms with van der Waals surface area (Å²) in [6, 6.07) is 8.51. The predicted molar refractivity (Wildman–Crippen MR) is 59.4 cm³/mol. The van der Waals surface area contributed by atoms with Crippen LogP contribution in [0.2, 0.25) is 0 Å². The van der Waals surface area contributed by atoms with Crippen molar-refractivity contribution in [3.8, 4) is 0 Å². The van der Waals surface area contributed by atoms with Crippen LogP contribution >= 0.6 is 0 Å². The fraction of sp³-hybridized carbons (Fsp3) is 0. The molecule has 0 bridgehead atoms. The molecule has 0 heteroatoms. The van der Waals surface area contributed by atoms with Gasteiger partial charge in [0.2, 0.25) is 0 Å². The first-order valence-corrected chi connectivity index (χ1v) is 4.82. The molecule has 0 nitrogen and oxygen atoms in total. The Morgan fingerprint density at radius 3 is 2.93 bits per heavy atom. The summed E-state index contributed by atoms with van der Waals surface area (Å²) in [6.07, 6.45) is 12.9. The van der Waals surface area contributed by atoms with Crippen LogP contribution in [-0.4, -0.2) is 0 Å². The Hall–Kier alpha value is -1.82. The first-order valence-electron chi connectivity index (χ1n) is 4.82. The second-order valence-electron chi connectivity index (χ2n) is 3.51. The normalized spacial score (nSPS) is 16.9. The summed E-state index contributed by atoms with van der Waals surface area (Å²) in [7, 11) is 0. The maximum atomic E-state index is 2.18. The lowest BCUT2D eigenvalue weighted by atomic mass is 9.89. The summed E-state index contributed by atoms with van der Waals surface area (Å²) >= 11 is 0. The van der Waals surface area contributed by atoms with Crippen molar-refractivity contribution in [1.29, 1.82) is 0 Å². The smallest absolute Gasteiger partial charge is 0.0499 e. The van der Waals surface area contributed by atoms with E-state index in [9.17, 15) is 0 Å². The average molecular weight is 178 g/mol. The highest BCUT2D eigenvalue weighted by molar-refractivity contribution is 5.82. The van der Waals surface area contributed by atoms with Crippen LogP contribution in [0, 0.1) is 12.8 Å². The third kappa shape index (κ3) is 1.01. The fourth-order valence-electron chi connectivity index (χ4n) is 1.95. The molecule has 0 spiro atoms. The van der Waals surface area contributed by atoms with Crippen LogP contribution in [0.3, 0.4) is 0 Å². The van der Waals surface area contributed by atoms with Crippen molar-refractivity contribution in [2.75, 3.05) is 0 Å². The Morgan fingerprint density at radius 2 is 1.93 bits per heavy atom. The molecule has 0 saturated carbocycles. The van der Waals surface area contributed by atoms with Crippen molar-refractivity contribution in [2.24, 2.45) is 0 Å². The first kappa shape index (κ1) is 7.57. The third-order valence-electron chi connectivity index (χ3n) is 2.65. The molecule has 0 aromatic heterocycles. The van der Waals surface area contributed by atoms with Crippen molar-refractivity contribution in [1.82, 2.24) is 0 Å². The standard InChI is InChI=1S/C14H10/c1-3-7-13-11(5-1)9-10-12-6-2-4-8-14(12)13/h1-10H/q+2. The predicted octanol–water partition coefficient (Wildman–Crippen LogP) is 1.54. The molecular weight excluding hydrogens is 168 g/mol. The molecular formula is C14H10+2. The summed E-state index contributed by atoms with van der Waals surface area (Å²) in [5, 5.41) is 2.65. The minimum atomic E-state index is 1.31. The first-order chi connectivity index (χ1) is 6.95. The molecule has 0 radical (unpaired) electrons. The molecule has 0 amide bonds. The molecule has 0 fully saturated rings. The van der Waals surface area contributed by atoms with E-state index in [0.717, 1.165) is 0 Å². The highest BCUT2D eigenvalue weighted by Crippen LogP contribution is 2.22. The summed E-state index contributed by atoms with van der Waals surface area (Å²) in [4.78, 5) is 0. The minimum Gasteiger partial charge on any atom is -0.0499 e. The van der Waals surface area contributed by atoms with Gasteiger partial charge in [-0.15, -0.1) is 0 Å². The SMILES string of the molecule is C1=C[CH+]C2=c3ccccc3=C[CH+]C2=C1. The summed E-state index contributed by atoms with van der Waals surface area (Å²) in [5.74, 6) is 0. The van der Waals surface area contributed by atoms with Gasteiger partial charge in [-0.05, 0) is 18.2 Å². The number of benzene rings is 1. The van der Waals surface area contributed by atoms with Crippen LogP contribution in [0.25, 0.3) is 11.6 Å². The molecule has 3 rings (SSSR count). The van der Waals surface area contributed by atoms with E-state index in [2.05, 4.69) is 61.4 Å². The zero-order valence-electron chi connectivity index (χ0n) is 7.77. The van der Waals surface area contributed by atoms with Gasteiger partial charge in [-0.3, -0.25) is 0 Å². The van der Waals surface area contributed by atoms with E-state index >= 15 is 0 Å². The van der Waals surface area contributed by atoms with Crippen molar-refractivity contribution in [3.05, 3.63) is 71.3 Å². The van der Waals surface area contributed by atoms with Gasteiger partial charge in [0.25, 0.3) is 0 Å². The molecule has 0 aliphatic heterocycles. The molecule has 0 saturated heterocycles. The van der Waals surface area contributed by atoms with Gasteiger partial charge in [0.1, 0.15) is 11.3 Å².